The minimum Gasteiger partial charge on any atom is -0.330 e. The van der Waals surface area contributed by atoms with Crippen molar-refractivity contribution in [3.63, 3.8) is 0 Å². The second-order valence-corrected chi connectivity index (χ2v) is 5.74. The lowest BCUT2D eigenvalue weighted by atomic mass is 10.1. The number of hydrogen-bond acceptors (Lipinski definition) is 2. The molecule has 3 heteroatoms. The molecule has 2 rings (SSSR count). The van der Waals surface area contributed by atoms with Crippen LogP contribution in [0.3, 0.4) is 0 Å². The maximum atomic E-state index is 5.89. The van der Waals surface area contributed by atoms with Gasteiger partial charge in [0, 0.05) is 14.8 Å². The van der Waals surface area contributed by atoms with Crippen molar-refractivity contribution in [3.8, 4) is 10.4 Å². The Morgan fingerprint density at radius 1 is 1.18 bits per heavy atom. The number of nitrogens with two attached hydrogens (primary N) is 1. The summed E-state index contributed by atoms with van der Waals surface area (Å²) in [5.74, 6) is 0.547. The lowest BCUT2D eigenvalue weighted by molar-refractivity contribution is 0.701. The lowest BCUT2D eigenvalue weighted by Crippen LogP contribution is -2.03. The van der Waals surface area contributed by atoms with Crippen molar-refractivity contribution in [3.05, 3.63) is 46.3 Å². The molecule has 0 aliphatic rings. The molecule has 0 aliphatic heterocycles. The Bertz CT molecular complexity index is 475. The number of thiophene rings is 1. The number of rotatable bonds is 4. The van der Waals surface area contributed by atoms with E-state index in [2.05, 4.69) is 31.2 Å². The molecule has 0 saturated carbocycles. The van der Waals surface area contributed by atoms with E-state index in [4.69, 9.17) is 17.3 Å². The molecule has 1 aromatic carbocycles. The third-order valence-corrected chi connectivity index (χ3v) is 4.46. The Hall–Kier alpha value is -0.830. The van der Waals surface area contributed by atoms with Crippen LogP contribution >= 0.6 is 22.9 Å². The Kier molecular flexibility index (Phi) is 4.21. The van der Waals surface area contributed by atoms with Crippen LogP contribution < -0.4 is 5.73 Å². The van der Waals surface area contributed by atoms with Crippen molar-refractivity contribution in [1.82, 2.24) is 0 Å². The Balaban J connectivity index is 2.20. The molecule has 0 fully saturated rings. The summed E-state index contributed by atoms with van der Waals surface area (Å²) in [5, 5.41) is 0.780. The second kappa shape index (κ2) is 5.67. The molecule has 1 atom stereocenters. The first-order valence-corrected chi connectivity index (χ1v) is 6.96. The summed E-state index contributed by atoms with van der Waals surface area (Å²) >= 11 is 7.73. The average Bonchev–Trinajstić information content (AvgIpc) is 2.80. The fourth-order valence-electron chi connectivity index (χ4n) is 1.78. The first-order chi connectivity index (χ1) is 8.20. The van der Waals surface area contributed by atoms with Gasteiger partial charge in [-0.25, -0.2) is 0 Å². The van der Waals surface area contributed by atoms with Gasteiger partial charge >= 0.3 is 0 Å². The Morgan fingerprint density at radius 2 is 1.88 bits per heavy atom. The zero-order chi connectivity index (χ0) is 12.3. The summed E-state index contributed by atoms with van der Waals surface area (Å²) in [6.07, 6.45) is 1.04. The van der Waals surface area contributed by atoms with E-state index in [1.54, 1.807) is 0 Å². The maximum Gasteiger partial charge on any atom is 0.0406 e. The molecular weight excluding hydrogens is 250 g/mol. The van der Waals surface area contributed by atoms with Gasteiger partial charge < -0.3 is 5.73 Å². The molecule has 17 heavy (non-hydrogen) atoms. The van der Waals surface area contributed by atoms with E-state index in [-0.39, 0.29) is 0 Å². The highest BCUT2D eigenvalue weighted by Crippen LogP contribution is 2.33. The molecule has 1 heterocycles. The number of benzene rings is 1. The first kappa shape index (κ1) is 12.6. The van der Waals surface area contributed by atoms with Crippen LogP contribution in [0.5, 0.6) is 0 Å². The van der Waals surface area contributed by atoms with E-state index < -0.39 is 0 Å². The quantitative estimate of drug-likeness (QED) is 0.864. The van der Waals surface area contributed by atoms with Gasteiger partial charge in [0.15, 0.2) is 0 Å². The summed E-state index contributed by atoms with van der Waals surface area (Å²) in [5.41, 5.74) is 6.82. The van der Waals surface area contributed by atoms with Crippen LogP contribution in [0.15, 0.2) is 36.4 Å². The van der Waals surface area contributed by atoms with Crippen LogP contribution in [-0.2, 0) is 0 Å². The third-order valence-electron chi connectivity index (χ3n) is 2.84. The van der Waals surface area contributed by atoms with Crippen LogP contribution in [0.4, 0.5) is 0 Å². The summed E-state index contributed by atoms with van der Waals surface area (Å²) in [4.78, 5) is 2.70. The molecule has 2 N–H and O–H groups in total. The predicted molar refractivity (Wildman–Crippen MR) is 76.9 cm³/mol. The molecule has 2 aromatic rings. The minimum absolute atomic E-state index is 0.547. The van der Waals surface area contributed by atoms with E-state index in [1.165, 1.54) is 15.3 Å². The second-order valence-electron chi connectivity index (χ2n) is 4.19. The van der Waals surface area contributed by atoms with Crippen LogP contribution in [0.1, 0.15) is 24.1 Å². The molecular formula is C14H16ClNS. The summed E-state index contributed by atoms with van der Waals surface area (Å²) in [6, 6.07) is 12.4. The van der Waals surface area contributed by atoms with Crippen molar-refractivity contribution in [2.24, 2.45) is 5.73 Å². The zero-order valence-electron chi connectivity index (χ0n) is 9.82. The van der Waals surface area contributed by atoms with E-state index in [1.807, 2.05) is 23.5 Å². The van der Waals surface area contributed by atoms with Gasteiger partial charge in [0.05, 0.1) is 0 Å². The van der Waals surface area contributed by atoms with Gasteiger partial charge in [-0.2, -0.15) is 0 Å². The molecule has 0 bridgehead atoms. The van der Waals surface area contributed by atoms with Gasteiger partial charge in [0.25, 0.3) is 0 Å². The predicted octanol–water partition coefficient (Wildman–Crippen LogP) is 4.52. The zero-order valence-corrected chi connectivity index (χ0v) is 11.4. The smallest absolute Gasteiger partial charge is 0.0406 e. The topological polar surface area (TPSA) is 26.0 Å². The third kappa shape index (κ3) is 3.09. The van der Waals surface area contributed by atoms with Crippen molar-refractivity contribution in [2.45, 2.75) is 19.3 Å². The van der Waals surface area contributed by atoms with Gasteiger partial charge in [0.1, 0.15) is 0 Å². The molecule has 1 unspecified atom stereocenters. The van der Waals surface area contributed by atoms with Crippen LogP contribution in [0, 0.1) is 0 Å². The number of halogens is 1. The van der Waals surface area contributed by atoms with Crippen molar-refractivity contribution in [2.75, 3.05) is 6.54 Å². The minimum atomic E-state index is 0.547. The van der Waals surface area contributed by atoms with Crippen molar-refractivity contribution >= 4 is 22.9 Å². The van der Waals surface area contributed by atoms with Gasteiger partial charge in [-0.1, -0.05) is 30.7 Å². The SMILES string of the molecule is CC(CCN)c1ccc(-c2ccc(Cl)cc2)s1. The fraction of sp³-hybridized carbons (Fsp3) is 0.286. The standard InChI is InChI=1S/C14H16ClNS/c1-10(8-9-16)13-6-7-14(17-13)11-2-4-12(15)5-3-11/h2-7,10H,8-9,16H2,1H3. The lowest BCUT2D eigenvalue weighted by Gasteiger charge is -2.06. The largest absolute Gasteiger partial charge is 0.330 e. The Labute approximate surface area is 111 Å². The van der Waals surface area contributed by atoms with E-state index in [0.29, 0.717) is 5.92 Å². The van der Waals surface area contributed by atoms with E-state index in [9.17, 15) is 0 Å². The highest BCUT2D eigenvalue weighted by atomic mass is 35.5. The summed E-state index contributed by atoms with van der Waals surface area (Å²) < 4.78 is 0. The Morgan fingerprint density at radius 3 is 2.53 bits per heavy atom. The van der Waals surface area contributed by atoms with Crippen LogP contribution in [-0.4, -0.2) is 6.54 Å². The molecule has 0 spiro atoms. The summed E-state index contributed by atoms with van der Waals surface area (Å²) in [7, 11) is 0. The fourth-order valence-corrected chi connectivity index (χ4v) is 3.00. The molecule has 1 nitrogen and oxygen atoms in total. The summed E-state index contributed by atoms with van der Waals surface area (Å²) in [6.45, 7) is 2.97. The van der Waals surface area contributed by atoms with Crippen LogP contribution in [0.25, 0.3) is 10.4 Å². The van der Waals surface area contributed by atoms with Crippen molar-refractivity contribution in [1.29, 1.82) is 0 Å². The van der Waals surface area contributed by atoms with Gasteiger partial charge in [-0.3, -0.25) is 0 Å². The molecule has 0 amide bonds. The van der Waals surface area contributed by atoms with Gasteiger partial charge in [0.2, 0.25) is 0 Å². The van der Waals surface area contributed by atoms with E-state index in [0.717, 1.165) is 18.0 Å². The molecule has 90 valence electrons. The highest BCUT2D eigenvalue weighted by molar-refractivity contribution is 7.15. The van der Waals surface area contributed by atoms with Crippen LogP contribution in [0.2, 0.25) is 5.02 Å². The van der Waals surface area contributed by atoms with Crippen molar-refractivity contribution < 1.29 is 0 Å². The first-order valence-electron chi connectivity index (χ1n) is 5.76. The highest BCUT2D eigenvalue weighted by Gasteiger charge is 2.08. The van der Waals surface area contributed by atoms with Gasteiger partial charge in [-0.15, -0.1) is 11.3 Å². The molecule has 1 aromatic heterocycles. The normalized spacial score (nSPS) is 12.6. The maximum absolute atomic E-state index is 5.89. The average molecular weight is 266 g/mol. The number of hydrogen-bond donors (Lipinski definition) is 1. The monoisotopic (exact) mass is 265 g/mol. The van der Waals surface area contributed by atoms with E-state index >= 15 is 0 Å². The molecule has 0 aliphatic carbocycles. The van der Waals surface area contributed by atoms with Gasteiger partial charge in [-0.05, 0) is 48.7 Å². The molecule has 0 saturated heterocycles. The molecule has 0 radical (unpaired) electrons.